The highest BCUT2D eigenvalue weighted by Crippen LogP contribution is 2.40. The highest BCUT2D eigenvalue weighted by atomic mass is 16.5. The summed E-state index contributed by atoms with van der Waals surface area (Å²) in [5.41, 5.74) is 9.21. The highest BCUT2D eigenvalue weighted by Gasteiger charge is 2.34. The lowest BCUT2D eigenvalue weighted by Gasteiger charge is -2.27. The van der Waals surface area contributed by atoms with Crippen molar-refractivity contribution in [1.29, 1.82) is 5.26 Å². The van der Waals surface area contributed by atoms with Crippen molar-refractivity contribution in [3.8, 4) is 11.8 Å². The SMILES string of the molecule is COC(=O)c1ccc([C@@H]2C(C#N)=C(N)Oc3cc(C)n(CCc4ccccc4)c(=O)c32)cc1. The second-order valence-electron chi connectivity index (χ2n) is 7.79. The summed E-state index contributed by atoms with van der Waals surface area (Å²) in [5, 5.41) is 9.82. The van der Waals surface area contributed by atoms with Crippen molar-refractivity contribution in [2.45, 2.75) is 25.8 Å². The molecule has 0 unspecified atom stereocenters. The number of allylic oxidation sites excluding steroid dienone is 1. The molecule has 0 fully saturated rings. The molecule has 0 spiro atoms. The first-order valence-corrected chi connectivity index (χ1v) is 10.5. The Morgan fingerprint density at radius 3 is 2.52 bits per heavy atom. The second kappa shape index (κ2) is 9.05. The highest BCUT2D eigenvalue weighted by molar-refractivity contribution is 5.89. The monoisotopic (exact) mass is 441 g/mol. The van der Waals surface area contributed by atoms with Crippen molar-refractivity contribution in [3.63, 3.8) is 0 Å². The van der Waals surface area contributed by atoms with Crippen LogP contribution in [0.25, 0.3) is 0 Å². The molecule has 2 N–H and O–H groups in total. The molecule has 1 aliphatic rings. The van der Waals surface area contributed by atoms with Gasteiger partial charge in [0.2, 0.25) is 5.88 Å². The number of nitrogens with zero attached hydrogens (tertiary/aromatic N) is 2. The van der Waals surface area contributed by atoms with Crippen LogP contribution in [-0.4, -0.2) is 17.6 Å². The molecule has 7 nitrogen and oxygen atoms in total. The summed E-state index contributed by atoms with van der Waals surface area (Å²) in [6, 6.07) is 20.4. The molecule has 33 heavy (non-hydrogen) atoms. The van der Waals surface area contributed by atoms with Crippen LogP contribution in [0.5, 0.6) is 5.75 Å². The third-order valence-electron chi connectivity index (χ3n) is 5.82. The van der Waals surface area contributed by atoms with E-state index in [2.05, 4.69) is 6.07 Å². The molecule has 2 heterocycles. The van der Waals surface area contributed by atoms with Gasteiger partial charge in [0.05, 0.1) is 24.2 Å². The van der Waals surface area contributed by atoms with Gasteiger partial charge in [0.1, 0.15) is 17.4 Å². The van der Waals surface area contributed by atoms with Gasteiger partial charge in [0.15, 0.2) is 0 Å². The van der Waals surface area contributed by atoms with Crippen molar-refractivity contribution < 1.29 is 14.3 Å². The lowest BCUT2D eigenvalue weighted by Crippen LogP contribution is -2.33. The number of ether oxygens (including phenoxy) is 2. The maximum atomic E-state index is 13.7. The van der Waals surface area contributed by atoms with Gasteiger partial charge in [-0.25, -0.2) is 4.79 Å². The molecular formula is C26H23N3O4. The quantitative estimate of drug-likeness (QED) is 0.608. The maximum Gasteiger partial charge on any atom is 0.337 e. The molecule has 0 amide bonds. The number of aryl methyl sites for hydroxylation is 2. The number of methoxy groups -OCH3 is 1. The Hall–Kier alpha value is -4.31. The predicted octanol–water partition coefficient (Wildman–Crippen LogP) is 3.40. The van der Waals surface area contributed by atoms with Crippen LogP contribution in [0.3, 0.4) is 0 Å². The number of hydrogen-bond donors (Lipinski definition) is 1. The van der Waals surface area contributed by atoms with Crippen LogP contribution in [-0.2, 0) is 17.7 Å². The number of carbonyl (C=O) groups is 1. The lowest BCUT2D eigenvalue weighted by molar-refractivity contribution is 0.0600. The Morgan fingerprint density at radius 2 is 1.88 bits per heavy atom. The summed E-state index contributed by atoms with van der Waals surface area (Å²) in [7, 11) is 1.31. The van der Waals surface area contributed by atoms with Gasteiger partial charge in [0, 0.05) is 18.3 Å². The van der Waals surface area contributed by atoms with Crippen LogP contribution >= 0.6 is 0 Å². The standard InChI is InChI=1S/C26H23N3O4/c1-16-14-21-23(25(30)29(16)13-12-17-6-4-3-5-7-17)22(20(15-27)24(28)33-21)18-8-10-19(11-9-18)26(31)32-2/h3-11,14,22H,12-13,28H2,1-2H3/t22-/m1/s1. The van der Waals surface area contributed by atoms with E-state index in [1.165, 1.54) is 7.11 Å². The Labute approximate surface area is 191 Å². The molecular weight excluding hydrogens is 418 g/mol. The molecule has 1 aromatic heterocycles. The first kappa shape index (κ1) is 21.9. The lowest BCUT2D eigenvalue weighted by atomic mass is 9.83. The summed E-state index contributed by atoms with van der Waals surface area (Å²) in [5.74, 6) is -0.871. The number of carbonyl (C=O) groups excluding carboxylic acids is 1. The van der Waals surface area contributed by atoms with Crippen LogP contribution in [0.2, 0.25) is 0 Å². The molecule has 3 aromatic rings. The molecule has 4 rings (SSSR count). The third kappa shape index (κ3) is 4.11. The summed E-state index contributed by atoms with van der Waals surface area (Å²) >= 11 is 0. The molecule has 2 aromatic carbocycles. The molecule has 0 radical (unpaired) electrons. The van der Waals surface area contributed by atoms with Crippen LogP contribution in [0.1, 0.15) is 38.7 Å². The zero-order valence-corrected chi connectivity index (χ0v) is 18.4. The number of nitrogens with two attached hydrogens (primary N) is 1. The van der Waals surface area contributed by atoms with Gasteiger partial charge in [-0.3, -0.25) is 4.79 Å². The average molecular weight is 441 g/mol. The van der Waals surface area contributed by atoms with Gasteiger partial charge >= 0.3 is 5.97 Å². The molecule has 0 saturated carbocycles. The average Bonchev–Trinajstić information content (AvgIpc) is 2.83. The van der Waals surface area contributed by atoms with E-state index in [-0.39, 0.29) is 17.0 Å². The Morgan fingerprint density at radius 1 is 1.18 bits per heavy atom. The van der Waals surface area contributed by atoms with E-state index in [4.69, 9.17) is 15.2 Å². The maximum absolute atomic E-state index is 13.7. The Kier molecular flexibility index (Phi) is 6.01. The van der Waals surface area contributed by atoms with E-state index in [1.807, 2.05) is 37.3 Å². The molecule has 166 valence electrons. The van der Waals surface area contributed by atoms with Gasteiger partial charge in [-0.1, -0.05) is 42.5 Å². The molecule has 7 heteroatoms. The van der Waals surface area contributed by atoms with E-state index in [0.29, 0.717) is 35.4 Å². The molecule has 0 aliphatic carbocycles. The van der Waals surface area contributed by atoms with Gasteiger partial charge < -0.3 is 19.8 Å². The van der Waals surface area contributed by atoms with E-state index in [0.717, 1.165) is 11.3 Å². The first-order chi connectivity index (χ1) is 15.9. The van der Waals surface area contributed by atoms with Crippen molar-refractivity contribution in [2.24, 2.45) is 5.73 Å². The molecule has 0 saturated heterocycles. The zero-order chi connectivity index (χ0) is 23.5. The van der Waals surface area contributed by atoms with Crippen LogP contribution in [0, 0.1) is 18.3 Å². The fourth-order valence-corrected chi connectivity index (χ4v) is 4.11. The largest absolute Gasteiger partial charge is 0.465 e. The van der Waals surface area contributed by atoms with Crippen LogP contribution < -0.4 is 16.0 Å². The summed E-state index contributed by atoms with van der Waals surface area (Å²) in [6.45, 7) is 2.33. The zero-order valence-electron chi connectivity index (χ0n) is 18.4. The van der Waals surface area contributed by atoms with Crippen molar-refractivity contribution >= 4 is 5.97 Å². The minimum absolute atomic E-state index is 0.0344. The smallest absolute Gasteiger partial charge is 0.337 e. The fraction of sp³-hybridized carbons (Fsp3) is 0.192. The Bertz CT molecular complexity index is 1330. The van der Waals surface area contributed by atoms with E-state index >= 15 is 0 Å². The number of rotatable bonds is 5. The molecule has 1 aliphatic heterocycles. The minimum Gasteiger partial charge on any atom is -0.465 e. The third-order valence-corrected chi connectivity index (χ3v) is 5.82. The number of esters is 1. The van der Waals surface area contributed by atoms with Crippen molar-refractivity contribution in [1.82, 2.24) is 4.57 Å². The van der Waals surface area contributed by atoms with E-state index < -0.39 is 11.9 Å². The molecule has 1 atom stereocenters. The van der Waals surface area contributed by atoms with Crippen molar-refractivity contribution in [2.75, 3.05) is 7.11 Å². The number of fused-ring (bicyclic) bond motifs is 1. The van der Waals surface area contributed by atoms with Gasteiger partial charge in [-0.15, -0.1) is 0 Å². The first-order valence-electron chi connectivity index (χ1n) is 10.5. The summed E-state index contributed by atoms with van der Waals surface area (Å²) < 4.78 is 12.1. The number of pyridine rings is 1. The normalized spacial score (nSPS) is 14.8. The van der Waals surface area contributed by atoms with Crippen molar-refractivity contribution in [3.05, 3.63) is 110 Å². The minimum atomic E-state index is -0.707. The predicted molar refractivity (Wildman–Crippen MR) is 123 cm³/mol. The number of aromatic nitrogens is 1. The molecule has 0 bridgehead atoms. The second-order valence-corrected chi connectivity index (χ2v) is 7.79. The fourth-order valence-electron chi connectivity index (χ4n) is 4.11. The van der Waals surface area contributed by atoms with Gasteiger partial charge in [-0.2, -0.15) is 5.26 Å². The Balaban J connectivity index is 1.81. The number of hydrogen-bond acceptors (Lipinski definition) is 6. The summed E-state index contributed by atoms with van der Waals surface area (Å²) in [6.07, 6.45) is 0.683. The topological polar surface area (TPSA) is 107 Å². The van der Waals surface area contributed by atoms with Gasteiger partial charge in [-0.05, 0) is 36.6 Å². The summed E-state index contributed by atoms with van der Waals surface area (Å²) in [4.78, 5) is 25.5. The van der Waals surface area contributed by atoms with Gasteiger partial charge in [0.25, 0.3) is 5.56 Å². The number of benzene rings is 2. The van der Waals surface area contributed by atoms with E-state index in [1.54, 1.807) is 34.9 Å². The number of nitriles is 1. The van der Waals surface area contributed by atoms with Crippen LogP contribution in [0.4, 0.5) is 0 Å². The van der Waals surface area contributed by atoms with Crippen LogP contribution in [0.15, 0.2) is 76.9 Å². The van der Waals surface area contributed by atoms with E-state index in [9.17, 15) is 14.9 Å².